The van der Waals surface area contributed by atoms with Gasteiger partial charge in [0.15, 0.2) is 0 Å². The number of hydrogen-bond donors (Lipinski definition) is 1. The summed E-state index contributed by atoms with van der Waals surface area (Å²) in [5, 5.41) is 8.68. The Morgan fingerprint density at radius 3 is 1.93 bits per heavy atom. The zero-order chi connectivity index (χ0) is 10.6. The van der Waals surface area contributed by atoms with E-state index >= 15 is 0 Å². The summed E-state index contributed by atoms with van der Waals surface area (Å²) >= 11 is 5.80. The Bertz CT molecular complexity index is 106. The van der Waals surface area contributed by atoms with Gasteiger partial charge in [0.05, 0.1) is 12.0 Å². The maximum atomic E-state index is 8.70. The van der Waals surface area contributed by atoms with Crippen molar-refractivity contribution < 1.29 is 5.11 Å². The van der Waals surface area contributed by atoms with Crippen LogP contribution in [-0.2, 0) is 0 Å². The van der Waals surface area contributed by atoms with Crippen molar-refractivity contribution in [2.75, 3.05) is 6.61 Å². The van der Waals surface area contributed by atoms with Gasteiger partial charge in [0.2, 0.25) is 0 Å². The average Bonchev–Trinajstić information content (AvgIpc) is 2.21. The lowest BCUT2D eigenvalue weighted by Crippen LogP contribution is -2.03. The second kappa shape index (κ2) is 11.3. The van der Waals surface area contributed by atoms with Crippen molar-refractivity contribution in [1.82, 2.24) is 0 Å². The van der Waals surface area contributed by atoms with E-state index in [1.165, 1.54) is 51.4 Å². The molecule has 0 aromatic carbocycles. The van der Waals surface area contributed by atoms with Gasteiger partial charge in [-0.15, -0.1) is 11.6 Å². The van der Waals surface area contributed by atoms with Crippen LogP contribution in [0.5, 0.6) is 0 Å². The number of aliphatic hydroxyl groups is 1. The number of halogens is 1. The molecule has 1 nitrogen and oxygen atoms in total. The van der Waals surface area contributed by atoms with E-state index in [0.29, 0.717) is 0 Å². The molecule has 14 heavy (non-hydrogen) atoms. The highest BCUT2D eigenvalue weighted by Gasteiger charge is 2.00. The molecule has 86 valence electrons. The van der Waals surface area contributed by atoms with E-state index in [9.17, 15) is 0 Å². The predicted octanol–water partition coefficient (Wildman–Crippen LogP) is 4.12. The summed E-state index contributed by atoms with van der Waals surface area (Å²) < 4.78 is 0. The minimum absolute atomic E-state index is 0.0184. The number of rotatable bonds is 10. The highest BCUT2D eigenvalue weighted by molar-refractivity contribution is 6.20. The molecule has 0 saturated heterocycles. The highest BCUT2D eigenvalue weighted by Crippen LogP contribution is 2.12. The average molecular weight is 221 g/mol. The lowest BCUT2D eigenvalue weighted by molar-refractivity contribution is 0.286. The maximum absolute atomic E-state index is 8.70. The van der Waals surface area contributed by atoms with Crippen LogP contribution < -0.4 is 0 Å². The fraction of sp³-hybridized carbons (Fsp3) is 1.00. The largest absolute Gasteiger partial charge is 0.395 e. The van der Waals surface area contributed by atoms with Crippen LogP contribution in [0.2, 0.25) is 0 Å². The lowest BCUT2D eigenvalue weighted by atomic mass is 10.1. The fourth-order valence-corrected chi connectivity index (χ4v) is 1.75. The first-order valence-electron chi connectivity index (χ1n) is 6.06. The molecule has 0 saturated carbocycles. The predicted molar refractivity (Wildman–Crippen MR) is 64.0 cm³/mol. The van der Waals surface area contributed by atoms with E-state index in [4.69, 9.17) is 16.7 Å². The highest BCUT2D eigenvalue weighted by atomic mass is 35.5. The lowest BCUT2D eigenvalue weighted by Gasteiger charge is -2.05. The molecule has 0 amide bonds. The van der Waals surface area contributed by atoms with Crippen LogP contribution in [0, 0.1) is 0 Å². The summed E-state index contributed by atoms with van der Waals surface area (Å²) in [6.07, 6.45) is 11.6. The molecule has 0 aromatic rings. The molecule has 1 N–H and O–H groups in total. The van der Waals surface area contributed by atoms with Crippen molar-refractivity contribution in [3.05, 3.63) is 0 Å². The molecule has 0 aliphatic carbocycles. The maximum Gasteiger partial charge on any atom is 0.0595 e. The molecule has 0 rings (SSSR count). The van der Waals surface area contributed by atoms with Crippen LogP contribution in [-0.4, -0.2) is 17.1 Å². The van der Waals surface area contributed by atoms with Crippen molar-refractivity contribution in [3.63, 3.8) is 0 Å². The van der Waals surface area contributed by atoms with Crippen molar-refractivity contribution in [2.45, 2.75) is 70.1 Å². The summed E-state index contributed by atoms with van der Waals surface area (Å²) in [4.78, 5) is 0. The molecule has 0 aliphatic heterocycles. The molecule has 0 radical (unpaired) electrons. The van der Waals surface area contributed by atoms with E-state index in [1.54, 1.807) is 0 Å². The number of aliphatic hydroxyl groups excluding tert-OH is 1. The number of hydrogen-bond acceptors (Lipinski definition) is 1. The van der Waals surface area contributed by atoms with Gasteiger partial charge in [0.1, 0.15) is 0 Å². The molecule has 1 unspecified atom stereocenters. The zero-order valence-corrected chi connectivity index (χ0v) is 10.2. The molecule has 0 bridgehead atoms. The van der Waals surface area contributed by atoms with E-state index < -0.39 is 0 Å². The molecule has 0 heterocycles. The van der Waals surface area contributed by atoms with E-state index in [2.05, 4.69) is 6.92 Å². The van der Waals surface area contributed by atoms with Gasteiger partial charge >= 0.3 is 0 Å². The summed E-state index contributed by atoms with van der Waals surface area (Å²) in [5.74, 6) is 0. The number of unbranched alkanes of at least 4 members (excludes halogenated alkanes) is 7. The van der Waals surface area contributed by atoms with Gasteiger partial charge in [0, 0.05) is 0 Å². The SMILES string of the molecule is CCCCCCCCCCC(Cl)CO. The van der Waals surface area contributed by atoms with Crippen molar-refractivity contribution in [1.29, 1.82) is 0 Å². The van der Waals surface area contributed by atoms with Crippen LogP contribution in [0.25, 0.3) is 0 Å². The second-order valence-corrected chi connectivity index (χ2v) is 4.66. The summed E-state index contributed by atoms with van der Waals surface area (Å²) in [6, 6.07) is 0. The third kappa shape index (κ3) is 10.3. The first-order valence-corrected chi connectivity index (χ1v) is 6.49. The molecule has 1 atom stereocenters. The van der Waals surface area contributed by atoms with Gasteiger partial charge in [-0.3, -0.25) is 0 Å². The minimum Gasteiger partial charge on any atom is -0.395 e. The van der Waals surface area contributed by atoms with Crippen molar-refractivity contribution in [2.24, 2.45) is 0 Å². The normalized spacial score (nSPS) is 13.1. The third-order valence-corrected chi connectivity index (χ3v) is 2.93. The molecule has 0 aromatic heterocycles. The zero-order valence-electron chi connectivity index (χ0n) is 9.47. The fourth-order valence-electron chi connectivity index (χ4n) is 1.59. The smallest absolute Gasteiger partial charge is 0.0595 e. The second-order valence-electron chi connectivity index (χ2n) is 4.04. The molecule has 0 fully saturated rings. The van der Waals surface area contributed by atoms with Crippen LogP contribution >= 0.6 is 11.6 Å². The monoisotopic (exact) mass is 220 g/mol. The van der Waals surface area contributed by atoms with E-state index in [0.717, 1.165) is 6.42 Å². The van der Waals surface area contributed by atoms with Crippen LogP contribution in [0.4, 0.5) is 0 Å². The van der Waals surface area contributed by atoms with Crippen LogP contribution in [0.15, 0.2) is 0 Å². The van der Waals surface area contributed by atoms with Gasteiger partial charge in [0.25, 0.3) is 0 Å². The third-order valence-electron chi connectivity index (χ3n) is 2.57. The van der Waals surface area contributed by atoms with E-state index in [1.807, 2.05) is 0 Å². The summed E-state index contributed by atoms with van der Waals surface area (Å²) in [6.45, 7) is 2.37. The Hall–Kier alpha value is 0.250. The standard InChI is InChI=1S/C12H25ClO/c1-2-3-4-5-6-7-8-9-10-12(13)11-14/h12,14H,2-11H2,1H3. The Kier molecular flexibility index (Phi) is 11.5. The van der Waals surface area contributed by atoms with Gasteiger partial charge in [-0.05, 0) is 6.42 Å². The Morgan fingerprint density at radius 1 is 0.929 bits per heavy atom. The molecular formula is C12H25ClO. The summed E-state index contributed by atoms with van der Waals surface area (Å²) in [5.41, 5.74) is 0. The van der Waals surface area contributed by atoms with Gasteiger partial charge in [-0.1, -0.05) is 58.3 Å². The van der Waals surface area contributed by atoms with Gasteiger partial charge in [-0.25, -0.2) is 0 Å². The van der Waals surface area contributed by atoms with Gasteiger partial charge in [-0.2, -0.15) is 0 Å². The Balaban J connectivity index is 2.92. The van der Waals surface area contributed by atoms with Gasteiger partial charge < -0.3 is 5.11 Å². The molecule has 2 heteroatoms. The summed E-state index contributed by atoms with van der Waals surface area (Å²) in [7, 11) is 0. The van der Waals surface area contributed by atoms with E-state index in [-0.39, 0.29) is 12.0 Å². The number of alkyl halides is 1. The molecule has 0 aliphatic rings. The van der Waals surface area contributed by atoms with Crippen molar-refractivity contribution >= 4 is 11.6 Å². The Morgan fingerprint density at radius 2 is 1.43 bits per heavy atom. The van der Waals surface area contributed by atoms with Crippen LogP contribution in [0.3, 0.4) is 0 Å². The van der Waals surface area contributed by atoms with Crippen molar-refractivity contribution in [3.8, 4) is 0 Å². The Labute approximate surface area is 93.9 Å². The quantitative estimate of drug-likeness (QED) is 0.434. The first kappa shape index (κ1) is 14.2. The minimum atomic E-state index is -0.0184. The molecular weight excluding hydrogens is 196 g/mol. The van der Waals surface area contributed by atoms with Crippen LogP contribution in [0.1, 0.15) is 64.7 Å². The molecule has 0 spiro atoms. The first-order chi connectivity index (χ1) is 6.81. The topological polar surface area (TPSA) is 20.2 Å².